The Hall–Kier alpha value is -2.25. The van der Waals surface area contributed by atoms with Crippen LogP contribution in [0.3, 0.4) is 0 Å². The highest BCUT2D eigenvalue weighted by atomic mass is 16.5. The summed E-state index contributed by atoms with van der Waals surface area (Å²) in [4.78, 5) is 23.3. The second kappa shape index (κ2) is 8.86. The molecule has 7 heteroatoms. The van der Waals surface area contributed by atoms with Gasteiger partial charge in [0.1, 0.15) is 17.9 Å². The van der Waals surface area contributed by atoms with E-state index in [0.29, 0.717) is 31.3 Å². The molecule has 1 saturated carbocycles. The van der Waals surface area contributed by atoms with Crippen LogP contribution in [0.25, 0.3) is 10.9 Å². The summed E-state index contributed by atoms with van der Waals surface area (Å²) in [5.74, 6) is 1.87. The van der Waals surface area contributed by atoms with Crippen molar-refractivity contribution in [3.63, 3.8) is 0 Å². The molecule has 0 radical (unpaired) electrons. The third-order valence-electron chi connectivity index (χ3n) is 6.62. The molecule has 2 saturated heterocycles. The lowest BCUT2D eigenvalue weighted by Gasteiger charge is -2.32. The van der Waals surface area contributed by atoms with E-state index in [4.69, 9.17) is 14.2 Å². The van der Waals surface area contributed by atoms with Crippen LogP contribution in [0.15, 0.2) is 24.7 Å². The fourth-order valence-electron chi connectivity index (χ4n) is 4.65. The molecular weight excluding hydrogens is 382 g/mol. The summed E-state index contributed by atoms with van der Waals surface area (Å²) in [7, 11) is 0. The van der Waals surface area contributed by atoms with Crippen LogP contribution in [0.1, 0.15) is 32.1 Å². The zero-order valence-electron chi connectivity index (χ0n) is 17.3. The van der Waals surface area contributed by atoms with Crippen molar-refractivity contribution in [3.8, 4) is 5.75 Å². The maximum atomic E-state index is 12.3. The first-order valence-electron chi connectivity index (χ1n) is 11.1. The molecule has 2 aromatic rings. The van der Waals surface area contributed by atoms with Gasteiger partial charge in [-0.2, -0.15) is 0 Å². The Morgan fingerprint density at radius 2 is 1.90 bits per heavy atom. The standard InChI is InChI=1S/C23H29N3O4/c27-22(17-13-29-14-17)9-16-1-3-19(4-2-16)30-23-11-18(26-5-7-28-8-6-26)10-21-20(23)12-24-15-25-21/h10-12,15-17,19H,1-9,13-14H2. The molecule has 5 rings (SSSR count). The summed E-state index contributed by atoms with van der Waals surface area (Å²) < 4.78 is 17.1. The Bertz CT molecular complexity index is 887. The number of hydrogen-bond donors (Lipinski definition) is 0. The number of benzene rings is 1. The molecule has 0 bridgehead atoms. The number of hydrogen-bond acceptors (Lipinski definition) is 7. The fourth-order valence-corrected chi connectivity index (χ4v) is 4.65. The Balaban J connectivity index is 1.26. The van der Waals surface area contributed by atoms with Gasteiger partial charge in [0, 0.05) is 37.5 Å². The predicted molar refractivity (Wildman–Crippen MR) is 113 cm³/mol. The normalized spacial score (nSPS) is 25.1. The molecule has 1 aromatic heterocycles. The average molecular weight is 412 g/mol. The van der Waals surface area contributed by atoms with Gasteiger partial charge in [-0.05, 0) is 37.7 Å². The van der Waals surface area contributed by atoms with Crippen LogP contribution in [0.2, 0.25) is 0 Å². The highest BCUT2D eigenvalue weighted by molar-refractivity contribution is 5.88. The van der Waals surface area contributed by atoms with Gasteiger partial charge in [-0.3, -0.25) is 4.79 Å². The van der Waals surface area contributed by atoms with Gasteiger partial charge in [0.25, 0.3) is 0 Å². The summed E-state index contributed by atoms with van der Waals surface area (Å²) in [5.41, 5.74) is 2.03. The topological polar surface area (TPSA) is 73.8 Å². The van der Waals surface area contributed by atoms with Gasteiger partial charge in [-0.15, -0.1) is 0 Å². The van der Waals surface area contributed by atoms with Crippen LogP contribution < -0.4 is 9.64 Å². The van der Waals surface area contributed by atoms with Crippen molar-refractivity contribution in [1.29, 1.82) is 0 Å². The molecule has 0 N–H and O–H groups in total. The molecule has 0 unspecified atom stereocenters. The number of carbonyl (C=O) groups excluding carboxylic acids is 1. The number of morpholine rings is 1. The summed E-state index contributed by atoms with van der Waals surface area (Å²) in [6, 6.07) is 4.24. The number of nitrogens with zero attached hydrogens (tertiary/aromatic N) is 3. The van der Waals surface area contributed by atoms with Gasteiger partial charge in [0.2, 0.25) is 0 Å². The van der Waals surface area contributed by atoms with Crippen molar-refractivity contribution in [2.45, 2.75) is 38.2 Å². The Morgan fingerprint density at radius 3 is 2.63 bits per heavy atom. The van der Waals surface area contributed by atoms with Gasteiger partial charge < -0.3 is 19.1 Å². The van der Waals surface area contributed by atoms with E-state index in [0.717, 1.165) is 74.3 Å². The fraction of sp³-hybridized carbons (Fsp3) is 0.609. The highest BCUT2D eigenvalue weighted by Gasteiger charge is 2.30. The molecule has 2 aliphatic heterocycles. The number of fused-ring (bicyclic) bond motifs is 1. The first-order valence-corrected chi connectivity index (χ1v) is 11.1. The van der Waals surface area contributed by atoms with Crippen molar-refractivity contribution in [2.75, 3.05) is 44.4 Å². The molecule has 0 amide bonds. The Kier molecular flexibility index (Phi) is 5.82. The number of ketones is 1. The quantitative estimate of drug-likeness (QED) is 0.723. The third-order valence-corrected chi connectivity index (χ3v) is 6.62. The smallest absolute Gasteiger partial charge is 0.140 e. The molecule has 160 valence electrons. The first kappa shape index (κ1) is 19.7. The maximum absolute atomic E-state index is 12.3. The summed E-state index contributed by atoms with van der Waals surface area (Å²) >= 11 is 0. The van der Waals surface area contributed by atoms with Gasteiger partial charge in [0.05, 0.1) is 49.4 Å². The number of Topliss-reactive ketones (excluding diaryl/α,β-unsaturated/α-hetero) is 1. The molecule has 0 spiro atoms. The van der Waals surface area contributed by atoms with E-state index in [9.17, 15) is 4.79 Å². The molecular formula is C23H29N3O4. The van der Waals surface area contributed by atoms with Crippen LogP contribution >= 0.6 is 0 Å². The van der Waals surface area contributed by atoms with Crippen molar-refractivity contribution < 1.29 is 19.0 Å². The Labute approximate surface area is 176 Å². The number of anilines is 1. The lowest BCUT2D eigenvalue weighted by atomic mass is 9.82. The number of rotatable bonds is 6. The van der Waals surface area contributed by atoms with Crippen molar-refractivity contribution in [3.05, 3.63) is 24.7 Å². The number of ether oxygens (including phenoxy) is 3. The second-order valence-corrected chi connectivity index (χ2v) is 8.66. The van der Waals surface area contributed by atoms with Crippen LogP contribution in [-0.4, -0.2) is 61.4 Å². The molecule has 7 nitrogen and oxygen atoms in total. The molecule has 30 heavy (non-hydrogen) atoms. The van der Waals surface area contributed by atoms with E-state index in [1.54, 1.807) is 6.33 Å². The minimum Gasteiger partial charge on any atom is -0.490 e. The largest absolute Gasteiger partial charge is 0.490 e. The second-order valence-electron chi connectivity index (χ2n) is 8.66. The molecule has 1 aromatic carbocycles. The average Bonchev–Trinajstić information content (AvgIpc) is 2.74. The molecule has 1 aliphatic carbocycles. The molecule has 0 atom stereocenters. The zero-order chi connectivity index (χ0) is 20.3. The van der Waals surface area contributed by atoms with E-state index < -0.39 is 0 Å². The third kappa shape index (κ3) is 4.27. The number of carbonyl (C=O) groups is 1. The maximum Gasteiger partial charge on any atom is 0.140 e. The van der Waals surface area contributed by atoms with Gasteiger partial charge in [0.15, 0.2) is 0 Å². The van der Waals surface area contributed by atoms with Crippen LogP contribution in [-0.2, 0) is 14.3 Å². The highest BCUT2D eigenvalue weighted by Crippen LogP contribution is 2.35. The number of aromatic nitrogens is 2. The van der Waals surface area contributed by atoms with Crippen molar-refractivity contribution in [2.24, 2.45) is 11.8 Å². The monoisotopic (exact) mass is 411 g/mol. The minimum atomic E-state index is 0.147. The van der Waals surface area contributed by atoms with E-state index in [1.165, 1.54) is 0 Å². The predicted octanol–water partition coefficient (Wildman–Crippen LogP) is 3.01. The van der Waals surface area contributed by atoms with Crippen LogP contribution in [0.4, 0.5) is 5.69 Å². The summed E-state index contributed by atoms with van der Waals surface area (Å²) in [5, 5.41) is 0.955. The minimum absolute atomic E-state index is 0.147. The van der Waals surface area contributed by atoms with Gasteiger partial charge in [-0.1, -0.05) is 0 Å². The summed E-state index contributed by atoms with van der Waals surface area (Å²) in [6.07, 6.45) is 8.35. The van der Waals surface area contributed by atoms with Crippen LogP contribution in [0, 0.1) is 11.8 Å². The van der Waals surface area contributed by atoms with E-state index in [2.05, 4.69) is 27.0 Å². The van der Waals surface area contributed by atoms with E-state index >= 15 is 0 Å². The lowest BCUT2D eigenvalue weighted by molar-refractivity contribution is -0.137. The molecule has 3 heterocycles. The Morgan fingerprint density at radius 1 is 1.10 bits per heavy atom. The molecule has 3 fully saturated rings. The van der Waals surface area contributed by atoms with Crippen molar-refractivity contribution in [1.82, 2.24) is 9.97 Å². The first-order chi connectivity index (χ1) is 14.8. The van der Waals surface area contributed by atoms with Crippen LogP contribution in [0.5, 0.6) is 5.75 Å². The van der Waals surface area contributed by atoms with Gasteiger partial charge in [-0.25, -0.2) is 9.97 Å². The van der Waals surface area contributed by atoms with Gasteiger partial charge >= 0.3 is 0 Å². The van der Waals surface area contributed by atoms with E-state index in [1.807, 2.05) is 6.20 Å². The zero-order valence-corrected chi connectivity index (χ0v) is 17.3. The lowest BCUT2D eigenvalue weighted by Crippen LogP contribution is -2.36. The molecule has 3 aliphatic rings. The summed E-state index contributed by atoms with van der Waals surface area (Å²) in [6.45, 7) is 4.47. The van der Waals surface area contributed by atoms with Crippen molar-refractivity contribution >= 4 is 22.4 Å². The SMILES string of the molecule is O=C(CC1CCC(Oc2cc(N3CCOCC3)cc3ncncc23)CC1)C1COC1. The van der Waals surface area contributed by atoms with E-state index in [-0.39, 0.29) is 12.0 Å².